The summed E-state index contributed by atoms with van der Waals surface area (Å²) in [6, 6.07) is 10.5. The van der Waals surface area contributed by atoms with E-state index >= 15 is 0 Å². The maximum Gasteiger partial charge on any atom is 0.0726 e. The van der Waals surface area contributed by atoms with E-state index in [1.54, 1.807) is 0 Å². The van der Waals surface area contributed by atoms with Crippen molar-refractivity contribution in [3.8, 4) is 0 Å². The van der Waals surface area contributed by atoms with Crippen molar-refractivity contribution in [2.75, 3.05) is 25.0 Å². The number of aromatic nitrogens is 1. The van der Waals surface area contributed by atoms with E-state index < -0.39 is 0 Å². The van der Waals surface area contributed by atoms with E-state index in [1.807, 2.05) is 6.07 Å². The Morgan fingerprint density at radius 3 is 2.81 bits per heavy atom. The van der Waals surface area contributed by atoms with Gasteiger partial charge in [0.2, 0.25) is 0 Å². The van der Waals surface area contributed by atoms with Crippen LogP contribution < -0.4 is 10.2 Å². The minimum atomic E-state index is 0.812. The summed E-state index contributed by atoms with van der Waals surface area (Å²) in [6.45, 7) is 10.9. The maximum absolute atomic E-state index is 4.76. The van der Waals surface area contributed by atoms with E-state index in [9.17, 15) is 0 Å². The lowest BCUT2D eigenvalue weighted by Crippen LogP contribution is -2.21. The molecule has 0 aliphatic rings. The van der Waals surface area contributed by atoms with Gasteiger partial charge in [0.25, 0.3) is 0 Å². The Labute approximate surface area is 127 Å². The number of fused-ring (bicyclic) bond motifs is 1. The van der Waals surface area contributed by atoms with Crippen LogP contribution in [0.4, 0.5) is 5.69 Å². The van der Waals surface area contributed by atoms with Gasteiger partial charge in [-0.1, -0.05) is 37.3 Å². The minimum Gasteiger partial charge on any atom is -0.370 e. The van der Waals surface area contributed by atoms with E-state index in [4.69, 9.17) is 4.98 Å². The Balaban J connectivity index is 2.37. The smallest absolute Gasteiger partial charge is 0.0726 e. The van der Waals surface area contributed by atoms with Crippen LogP contribution in [0.3, 0.4) is 0 Å². The monoisotopic (exact) mass is 283 g/mol. The molecule has 1 heterocycles. The van der Waals surface area contributed by atoms with Crippen LogP contribution in [0, 0.1) is 0 Å². The molecular weight excluding hydrogens is 258 g/mol. The molecule has 1 aromatic carbocycles. The van der Waals surface area contributed by atoms with Gasteiger partial charge in [0.1, 0.15) is 0 Å². The number of pyridine rings is 1. The number of nitrogens with zero attached hydrogens (tertiary/aromatic N) is 2. The van der Waals surface area contributed by atoms with Gasteiger partial charge < -0.3 is 10.2 Å². The SMILES string of the molecule is C=C(C)CN(C)c1cc(CNCCC)nc2ccccc12. The van der Waals surface area contributed by atoms with Gasteiger partial charge in [0.15, 0.2) is 0 Å². The second kappa shape index (κ2) is 7.23. The number of hydrogen-bond acceptors (Lipinski definition) is 3. The number of para-hydroxylation sites is 1. The number of anilines is 1. The molecule has 3 nitrogen and oxygen atoms in total. The van der Waals surface area contributed by atoms with Crippen molar-refractivity contribution in [2.24, 2.45) is 0 Å². The summed E-state index contributed by atoms with van der Waals surface area (Å²) in [6.07, 6.45) is 1.13. The molecule has 0 saturated heterocycles. The minimum absolute atomic E-state index is 0.812. The summed E-state index contributed by atoms with van der Waals surface area (Å²) in [4.78, 5) is 7.00. The van der Waals surface area contributed by atoms with Gasteiger partial charge in [-0.3, -0.25) is 4.98 Å². The molecule has 0 saturated carbocycles. The van der Waals surface area contributed by atoms with Crippen LogP contribution >= 0.6 is 0 Å². The van der Waals surface area contributed by atoms with Crippen molar-refractivity contribution in [2.45, 2.75) is 26.8 Å². The van der Waals surface area contributed by atoms with Gasteiger partial charge in [-0.05, 0) is 32.0 Å². The lowest BCUT2D eigenvalue weighted by atomic mass is 10.1. The van der Waals surface area contributed by atoms with Crippen LogP contribution in [-0.2, 0) is 6.54 Å². The summed E-state index contributed by atoms with van der Waals surface area (Å²) in [5.41, 5.74) is 4.52. The summed E-state index contributed by atoms with van der Waals surface area (Å²) in [5.74, 6) is 0. The van der Waals surface area contributed by atoms with Crippen molar-refractivity contribution < 1.29 is 0 Å². The van der Waals surface area contributed by atoms with Crippen molar-refractivity contribution in [3.63, 3.8) is 0 Å². The second-order valence-electron chi connectivity index (χ2n) is 5.64. The Morgan fingerprint density at radius 1 is 1.33 bits per heavy atom. The Hall–Kier alpha value is -1.87. The maximum atomic E-state index is 4.76. The molecule has 0 aliphatic carbocycles. The number of rotatable bonds is 7. The quantitative estimate of drug-likeness (QED) is 0.619. The molecule has 0 radical (unpaired) electrons. The topological polar surface area (TPSA) is 28.2 Å². The van der Waals surface area contributed by atoms with Gasteiger partial charge in [-0.15, -0.1) is 0 Å². The fourth-order valence-electron chi connectivity index (χ4n) is 2.50. The van der Waals surface area contributed by atoms with Gasteiger partial charge in [0, 0.05) is 31.2 Å². The molecule has 0 atom stereocenters. The summed E-state index contributed by atoms with van der Waals surface area (Å²) in [7, 11) is 2.11. The molecule has 2 aromatic rings. The highest BCUT2D eigenvalue weighted by atomic mass is 15.1. The van der Waals surface area contributed by atoms with Gasteiger partial charge in [-0.2, -0.15) is 0 Å². The lowest BCUT2D eigenvalue weighted by molar-refractivity contribution is 0.666. The highest BCUT2D eigenvalue weighted by Crippen LogP contribution is 2.26. The van der Waals surface area contributed by atoms with E-state index in [2.05, 4.69) is 62.0 Å². The second-order valence-corrected chi connectivity index (χ2v) is 5.64. The molecular formula is C18H25N3. The van der Waals surface area contributed by atoms with Gasteiger partial charge in [0.05, 0.1) is 11.2 Å². The molecule has 0 amide bonds. The molecule has 1 N–H and O–H groups in total. The Bertz CT molecular complexity index is 619. The number of likely N-dealkylation sites (N-methyl/N-ethyl adjacent to an activating group) is 1. The summed E-state index contributed by atoms with van der Waals surface area (Å²) >= 11 is 0. The molecule has 1 aromatic heterocycles. The third-order valence-electron chi connectivity index (χ3n) is 3.40. The average Bonchev–Trinajstić information content (AvgIpc) is 2.46. The molecule has 0 fully saturated rings. The van der Waals surface area contributed by atoms with Crippen LogP contribution in [0.1, 0.15) is 26.0 Å². The normalized spacial score (nSPS) is 10.8. The van der Waals surface area contributed by atoms with Crippen LogP contribution in [-0.4, -0.2) is 25.1 Å². The van der Waals surface area contributed by atoms with Crippen molar-refractivity contribution >= 4 is 16.6 Å². The van der Waals surface area contributed by atoms with Crippen molar-refractivity contribution in [1.29, 1.82) is 0 Å². The summed E-state index contributed by atoms with van der Waals surface area (Å²) < 4.78 is 0. The molecule has 0 spiro atoms. The zero-order chi connectivity index (χ0) is 15.2. The first-order valence-corrected chi connectivity index (χ1v) is 7.56. The number of hydrogen-bond donors (Lipinski definition) is 1. The van der Waals surface area contributed by atoms with Crippen molar-refractivity contribution in [1.82, 2.24) is 10.3 Å². The van der Waals surface area contributed by atoms with Crippen molar-refractivity contribution in [3.05, 3.63) is 48.2 Å². The average molecular weight is 283 g/mol. The molecule has 21 heavy (non-hydrogen) atoms. The highest BCUT2D eigenvalue weighted by Gasteiger charge is 2.09. The molecule has 0 unspecified atom stereocenters. The zero-order valence-electron chi connectivity index (χ0n) is 13.3. The zero-order valence-corrected chi connectivity index (χ0v) is 13.3. The first kappa shape index (κ1) is 15.5. The van der Waals surface area contributed by atoms with E-state index in [0.717, 1.165) is 42.8 Å². The number of nitrogens with one attached hydrogen (secondary N) is 1. The van der Waals surface area contributed by atoms with E-state index in [-0.39, 0.29) is 0 Å². The van der Waals surface area contributed by atoms with E-state index in [1.165, 1.54) is 11.1 Å². The highest BCUT2D eigenvalue weighted by molar-refractivity contribution is 5.91. The first-order valence-electron chi connectivity index (χ1n) is 7.56. The predicted octanol–water partition coefficient (Wildman–Crippen LogP) is 3.75. The van der Waals surface area contributed by atoms with Crippen LogP contribution in [0.15, 0.2) is 42.5 Å². The van der Waals surface area contributed by atoms with Crippen LogP contribution in [0.25, 0.3) is 10.9 Å². The molecule has 2 rings (SSSR count). The van der Waals surface area contributed by atoms with E-state index in [0.29, 0.717) is 0 Å². The Kier molecular flexibility index (Phi) is 5.34. The third-order valence-corrected chi connectivity index (χ3v) is 3.40. The van der Waals surface area contributed by atoms with Crippen LogP contribution in [0.2, 0.25) is 0 Å². The number of benzene rings is 1. The third kappa shape index (κ3) is 4.05. The van der Waals surface area contributed by atoms with Gasteiger partial charge >= 0.3 is 0 Å². The summed E-state index contributed by atoms with van der Waals surface area (Å²) in [5, 5.41) is 4.62. The fourth-order valence-corrected chi connectivity index (χ4v) is 2.50. The molecule has 0 bridgehead atoms. The predicted molar refractivity (Wildman–Crippen MR) is 91.8 cm³/mol. The molecule has 3 heteroatoms. The first-order chi connectivity index (χ1) is 10.1. The van der Waals surface area contributed by atoms with Crippen LogP contribution in [0.5, 0.6) is 0 Å². The van der Waals surface area contributed by atoms with Gasteiger partial charge in [-0.25, -0.2) is 0 Å². The fraction of sp³-hybridized carbons (Fsp3) is 0.389. The standard InChI is InChI=1S/C18H25N3/c1-5-10-19-12-15-11-18(21(4)13-14(2)3)16-8-6-7-9-17(16)20-15/h6-9,11,19H,2,5,10,12-13H2,1,3-4H3. The Morgan fingerprint density at radius 2 is 2.10 bits per heavy atom. The molecule has 0 aliphatic heterocycles. The lowest BCUT2D eigenvalue weighted by Gasteiger charge is -2.22. The molecule has 112 valence electrons. The largest absolute Gasteiger partial charge is 0.370 e.